The summed E-state index contributed by atoms with van der Waals surface area (Å²) in [5.74, 6) is 0.751. The molecule has 3 rings (SSSR count). The van der Waals surface area contributed by atoms with Gasteiger partial charge in [-0.1, -0.05) is 37.6 Å². The van der Waals surface area contributed by atoms with Crippen LogP contribution in [0.25, 0.3) is 17.1 Å². The Morgan fingerprint density at radius 3 is 2.54 bits per heavy atom. The molecule has 1 unspecified atom stereocenters. The van der Waals surface area contributed by atoms with Gasteiger partial charge in [-0.25, -0.2) is 4.68 Å². The second-order valence-electron chi connectivity index (χ2n) is 6.75. The molecule has 0 fully saturated rings. The topological polar surface area (TPSA) is 72.2 Å². The van der Waals surface area contributed by atoms with Crippen LogP contribution in [0.5, 0.6) is 6.01 Å². The number of benzene rings is 2. The van der Waals surface area contributed by atoms with Crippen molar-refractivity contribution >= 4 is 5.69 Å². The lowest BCUT2D eigenvalue weighted by Gasteiger charge is -2.12. The number of hydrogen-bond acceptors (Lipinski definition) is 5. The van der Waals surface area contributed by atoms with Gasteiger partial charge in [-0.2, -0.15) is 4.98 Å². The second kappa shape index (κ2) is 9.37. The summed E-state index contributed by atoms with van der Waals surface area (Å²) in [5.41, 5.74) is 4.01. The van der Waals surface area contributed by atoms with E-state index in [9.17, 15) is 5.11 Å². The number of aromatic nitrogens is 3. The third-order valence-electron chi connectivity index (χ3n) is 4.52. The molecule has 1 atom stereocenters. The zero-order chi connectivity index (χ0) is 19.9. The molecule has 0 amide bonds. The van der Waals surface area contributed by atoms with Gasteiger partial charge in [-0.05, 0) is 50.1 Å². The van der Waals surface area contributed by atoms with Gasteiger partial charge in [0.05, 0.1) is 18.4 Å². The van der Waals surface area contributed by atoms with E-state index >= 15 is 0 Å². The molecule has 1 aromatic heterocycles. The van der Waals surface area contributed by atoms with Crippen molar-refractivity contribution < 1.29 is 9.84 Å². The lowest BCUT2D eigenvalue weighted by Crippen LogP contribution is -2.18. The van der Waals surface area contributed by atoms with E-state index in [4.69, 9.17) is 4.74 Å². The number of hydrogen-bond donors (Lipinski definition) is 2. The zero-order valence-corrected chi connectivity index (χ0v) is 16.7. The number of aryl methyl sites for hydroxylation is 1. The van der Waals surface area contributed by atoms with Crippen molar-refractivity contribution in [1.82, 2.24) is 14.8 Å². The minimum absolute atomic E-state index is 0.332. The van der Waals surface area contributed by atoms with E-state index in [0.717, 1.165) is 41.2 Å². The van der Waals surface area contributed by atoms with Crippen LogP contribution in [0, 0.1) is 6.92 Å². The predicted molar refractivity (Wildman–Crippen MR) is 112 cm³/mol. The number of aliphatic hydroxyl groups excluding tert-OH is 1. The average molecular weight is 380 g/mol. The van der Waals surface area contributed by atoms with Gasteiger partial charge in [0.25, 0.3) is 0 Å². The maximum Gasteiger partial charge on any atom is 0.336 e. The van der Waals surface area contributed by atoms with Gasteiger partial charge in [0.2, 0.25) is 0 Å². The van der Waals surface area contributed by atoms with Crippen LogP contribution in [0.2, 0.25) is 0 Å². The summed E-state index contributed by atoms with van der Waals surface area (Å²) in [6.07, 6.45) is 1.43. The highest BCUT2D eigenvalue weighted by atomic mass is 16.5. The highest BCUT2D eigenvalue weighted by molar-refractivity contribution is 5.63. The second-order valence-corrected chi connectivity index (χ2v) is 6.75. The molecule has 0 aliphatic rings. The molecule has 1 heterocycles. The van der Waals surface area contributed by atoms with Gasteiger partial charge < -0.3 is 15.2 Å². The van der Waals surface area contributed by atoms with Crippen LogP contribution < -0.4 is 10.1 Å². The Labute approximate surface area is 166 Å². The fourth-order valence-electron chi connectivity index (χ4n) is 3.05. The van der Waals surface area contributed by atoms with E-state index in [1.807, 2.05) is 54.1 Å². The van der Waals surface area contributed by atoms with Crippen LogP contribution in [0.3, 0.4) is 0 Å². The summed E-state index contributed by atoms with van der Waals surface area (Å²) in [6, 6.07) is 16.4. The summed E-state index contributed by atoms with van der Waals surface area (Å²) in [7, 11) is 0. The van der Waals surface area contributed by atoms with Crippen LogP contribution in [0.1, 0.15) is 32.3 Å². The molecule has 0 radical (unpaired) electrons. The molecule has 0 aliphatic heterocycles. The molecule has 0 saturated carbocycles. The largest absolute Gasteiger partial charge is 0.463 e. The summed E-state index contributed by atoms with van der Waals surface area (Å²) < 4.78 is 7.35. The summed E-state index contributed by atoms with van der Waals surface area (Å²) >= 11 is 0. The third kappa shape index (κ3) is 4.70. The highest BCUT2D eigenvalue weighted by Gasteiger charge is 2.16. The normalized spacial score (nSPS) is 12.0. The van der Waals surface area contributed by atoms with E-state index in [0.29, 0.717) is 19.2 Å². The Morgan fingerprint density at radius 1 is 1.11 bits per heavy atom. The van der Waals surface area contributed by atoms with E-state index in [2.05, 4.69) is 35.3 Å². The first-order valence-corrected chi connectivity index (χ1v) is 9.80. The molecule has 0 bridgehead atoms. The molecule has 3 aromatic rings. The zero-order valence-electron chi connectivity index (χ0n) is 16.7. The Morgan fingerprint density at radius 2 is 1.86 bits per heavy atom. The van der Waals surface area contributed by atoms with Gasteiger partial charge in [0, 0.05) is 17.8 Å². The smallest absolute Gasteiger partial charge is 0.336 e. The number of aliphatic hydroxyl groups is 1. The number of anilines is 1. The number of nitrogens with zero attached hydrogens (tertiary/aromatic N) is 3. The first-order valence-electron chi connectivity index (χ1n) is 9.80. The van der Waals surface area contributed by atoms with Crippen molar-refractivity contribution in [3.63, 3.8) is 0 Å². The molecule has 0 spiro atoms. The molecular weight excluding hydrogens is 352 g/mol. The third-order valence-corrected chi connectivity index (χ3v) is 4.52. The Bertz CT molecular complexity index is 890. The summed E-state index contributed by atoms with van der Waals surface area (Å²) in [4.78, 5) is 4.59. The summed E-state index contributed by atoms with van der Waals surface area (Å²) in [6.45, 7) is 7.10. The highest BCUT2D eigenvalue weighted by Crippen LogP contribution is 2.26. The van der Waals surface area contributed by atoms with Crippen LogP contribution in [-0.4, -0.2) is 39.1 Å². The molecular formula is C22H28N4O2. The monoisotopic (exact) mass is 380 g/mol. The van der Waals surface area contributed by atoms with Crippen molar-refractivity contribution in [2.24, 2.45) is 0 Å². The van der Waals surface area contributed by atoms with E-state index < -0.39 is 0 Å². The van der Waals surface area contributed by atoms with Gasteiger partial charge in [-0.15, -0.1) is 5.10 Å². The predicted octanol–water partition coefficient (Wildman–Crippen LogP) is 4.21. The quantitative estimate of drug-likeness (QED) is 0.582. The van der Waals surface area contributed by atoms with E-state index in [-0.39, 0.29) is 6.10 Å². The van der Waals surface area contributed by atoms with E-state index in [1.54, 1.807) is 0 Å². The minimum atomic E-state index is -0.332. The van der Waals surface area contributed by atoms with Crippen molar-refractivity contribution in [2.45, 2.75) is 39.7 Å². The molecule has 2 aromatic carbocycles. The number of nitrogens with one attached hydrogen (secondary N) is 1. The lowest BCUT2D eigenvalue weighted by atomic mass is 10.1. The van der Waals surface area contributed by atoms with Crippen LogP contribution >= 0.6 is 0 Å². The fraction of sp³-hybridized carbons (Fsp3) is 0.364. The summed E-state index contributed by atoms with van der Waals surface area (Å²) in [5, 5.41) is 17.7. The molecule has 2 N–H and O–H groups in total. The van der Waals surface area contributed by atoms with Gasteiger partial charge in [0.15, 0.2) is 5.82 Å². The molecule has 0 saturated heterocycles. The molecule has 6 nitrogen and oxygen atoms in total. The van der Waals surface area contributed by atoms with Crippen molar-refractivity contribution in [1.29, 1.82) is 0 Å². The Hall–Kier alpha value is -2.86. The van der Waals surface area contributed by atoms with E-state index in [1.165, 1.54) is 0 Å². The van der Waals surface area contributed by atoms with Crippen molar-refractivity contribution in [3.05, 3.63) is 54.1 Å². The standard InChI is InChI=1S/C22H28N4O2/c1-4-8-19(27)15-23-17-11-13-18(14-12-17)26-21(24-22(25-26)28-5-2)20-10-7-6-9-16(20)3/h6-7,9-14,19,23,27H,4-5,8,15H2,1-3H3. The Balaban J connectivity index is 1.87. The van der Waals surface area contributed by atoms with Crippen molar-refractivity contribution in [3.8, 4) is 23.1 Å². The first-order chi connectivity index (χ1) is 13.6. The van der Waals surface area contributed by atoms with Gasteiger partial charge in [0.1, 0.15) is 0 Å². The average Bonchev–Trinajstić information content (AvgIpc) is 3.11. The molecule has 0 aliphatic carbocycles. The molecule has 6 heteroatoms. The molecule has 28 heavy (non-hydrogen) atoms. The maximum atomic E-state index is 9.89. The maximum absolute atomic E-state index is 9.89. The van der Waals surface area contributed by atoms with Crippen molar-refractivity contribution in [2.75, 3.05) is 18.5 Å². The lowest BCUT2D eigenvalue weighted by molar-refractivity contribution is 0.176. The van der Waals surface area contributed by atoms with Crippen LogP contribution in [0.4, 0.5) is 5.69 Å². The SMILES string of the molecule is CCCC(O)CNc1ccc(-n2nc(OCC)nc2-c2ccccc2C)cc1. The van der Waals surface area contributed by atoms with Crippen LogP contribution in [0.15, 0.2) is 48.5 Å². The number of rotatable bonds is 9. The first kappa shape index (κ1) is 19.9. The molecule has 148 valence electrons. The minimum Gasteiger partial charge on any atom is -0.463 e. The van der Waals surface area contributed by atoms with Crippen LogP contribution in [-0.2, 0) is 0 Å². The fourth-order valence-corrected chi connectivity index (χ4v) is 3.05. The van der Waals surface area contributed by atoms with Gasteiger partial charge in [-0.3, -0.25) is 0 Å². The van der Waals surface area contributed by atoms with Gasteiger partial charge >= 0.3 is 6.01 Å². The number of ether oxygens (including phenoxy) is 1. The Kier molecular flexibility index (Phi) is 6.66.